The van der Waals surface area contributed by atoms with Gasteiger partial charge in [-0.3, -0.25) is 0 Å². The maximum absolute atomic E-state index is 3.41. The fraction of sp³-hybridized carbons (Fsp3) is 0.400. The largest absolute Gasteiger partial charge is 0.341 e. The molecule has 0 aliphatic rings. The molecule has 2 rings (SSSR count). The molecule has 0 atom stereocenters. The molecule has 2 aromatic rings. The lowest BCUT2D eigenvalue weighted by Crippen LogP contribution is -2.23. The smallest absolute Gasteiger partial charge is 0.0413 e. The lowest BCUT2D eigenvalue weighted by molar-refractivity contribution is 0.673. The van der Waals surface area contributed by atoms with Crippen LogP contribution < -0.4 is 10.2 Å². The first-order chi connectivity index (χ1) is 10.8. The Balaban J connectivity index is 2.18. The number of nitrogens with zero attached hydrogens (tertiary/aromatic N) is 1. The van der Waals surface area contributed by atoms with Gasteiger partial charge in [-0.05, 0) is 55.8 Å². The Labute approximate surface area is 135 Å². The Morgan fingerprint density at radius 1 is 0.909 bits per heavy atom. The Bertz CT molecular complexity index is 536. The minimum atomic E-state index is 1.03. The van der Waals surface area contributed by atoms with E-state index < -0.39 is 0 Å². The molecule has 0 saturated heterocycles. The standard InChI is InChI=1S/C20H28N2/c1-3-10-18-11-8-14-20(17-18)22(16-9-15-21-4-2)19-12-6-5-7-13-19/h5-8,11-14,17,21H,3-4,9-10,15-16H2,1-2H3. The lowest BCUT2D eigenvalue weighted by Gasteiger charge is -2.25. The molecular formula is C20H28N2. The number of hydrogen-bond donors (Lipinski definition) is 1. The predicted molar refractivity (Wildman–Crippen MR) is 97.0 cm³/mol. The number of nitrogens with one attached hydrogen (secondary N) is 1. The van der Waals surface area contributed by atoms with Crippen LogP contribution in [0.1, 0.15) is 32.3 Å². The number of anilines is 2. The van der Waals surface area contributed by atoms with Crippen molar-refractivity contribution in [1.82, 2.24) is 5.32 Å². The number of aryl methyl sites for hydroxylation is 1. The fourth-order valence-electron chi connectivity index (χ4n) is 2.72. The van der Waals surface area contributed by atoms with Crippen molar-refractivity contribution in [3.63, 3.8) is 0 Å². The van der Waals surface area contributed by atoms with Gasteiger partial charge in [-0.2, -0.15) is 0 Å². The molecule has 0 fully saturated rings. The second kappa shape index (κ2) is 9.26. The number of benzene rings is 2. The van der Waals surface area contributed by atoms with E-state index in [2.05, 4.69) is 78.7 Å². The molecule has 0 amide bonds. The van der Waals surface area contributed by atoms with E-state index in [1.54, 1.807) is 0 Å². The summed E-state index contributed by atoms with van der Waals surface area (Å²) in [6.45, 7) is 7.53. The van der Waals surface area contributed by atoms with Crippen LogP contribution in [0.2, 0.25) is 0 Å². The van der Waals surface area contributed by atoms with Crippen LogP contribution in [0.25, 0.3) is 0 Å². The summed E-state index contributed by atoms with van der Waals surface area (Å²) in [5, 5.41) is 3.41. The molecule has 22 heavy (non-hydrogen) atoms. The lowest BCUT2D eigenvalue weighted by atomic mass is 10.1. The van der Waals surface area contributed by atoms with Crippen LogP contribution >= 0.6 is 0 Å². The highest BCUT2D eigenvalue weighted by Crippen LogP contribution is 2.26. The van der Waals surface area contributed by atoms with Crippen LogP contribution in [-0.2, 0) is 6.42 Å². The first kappa shape index (κ1) is 16.6. The summed E-state index contributed by atoms with van der Waals surface area (Å²) >= 11 is 0. The Hall–Kier alpha value is -1.80. The van der Waals surface area contributed by atoms with Gasteiger partial charge in [0.1, 0.15) is 0 Å². The van der Waals surface area contributed by atoms with Gasteiger partial charge >= 0.3 is 0 Å². The average Bonchev–Trinajstić information content (AvgIpc) is 2.56. The molecule has 2 nitrogen and oxygen atoms in total. The molecular weight excluding hydrogens is 268 g/mol. The van der Waals surface area contributed by atoms with E-state index in [0.717, 1.165) is 32.5 Å². The minimum absolute atomic E-state index is 1.03. The summed E-state index contributed by atoms with van der Waals surface area (Å²) in [6, 6.07) is 19.7. The Kier molecular flexibility index (Phi) is 6.98. The van der Waals surface area contributed by atoms with Crippen molar-refractivity contribution in [2.24, 2.45) is 0 Å². The van der Waals surface area contributed by atoms with E-state index in [-0.39, 0.29) is 0 Å². The first-order valence-corrected chi connectivity index (χ1v) is 8.47. The van der Waals surface area contributed by atoms with Gasteiger partial charge < -0.3 is 10.2 Å². The number of hydrogen-bond acceptors (Lipinski definition) is 2. The van der Waals surface area contributed by atoms with E-state index in [0.29, 0.717) is 0 Å². The van der Waals surface area contributed by atoms with Crippen LogP contribution in [0, 0.1) is 0 Å². The summed E-state index contributed by atoms with van der Waals surface area (Å²) in [7, 11) is 0. The zero-order valence-electron chi connectivity index (χ0n) is 13.9. The third kappa shape index (κ3) is 4.88. The molecule has 0 aliphatic heterocycles. The average molecular weight is 296 g/mol. The molecule has 0 radical (unpaired) electrons. The van der Waals surface area contributed by atoms with E-state index in [1.807, 2.05) is 0 Å². The van der Waals surface area contributed by atoms with Gasteiger partial charge in [0.25, 0.3) is 0 Å². The predicted octanol–water partition coefficient (Wildman–Crippen LogP) is 4.78. The first-order valence-electron chi connectivity index (χ1n) is 8.47. The van der Waals surface area contributed by atoms with Crippen molar-refractivity contribution in [3.05, 3.63) is 60.2 Å². The number of rotatable bonds is 9. The van der Waals surface area contributed by atoms with Crippen LogP contribution in [0.5, 0.6) is 0 Å². The second-order valence-corrected chi connectivity index (χ2v) is 5.61. The zero-order valence-corrected chi connectivity index (χ0v) is 13.9. The van der Waals surface area contributed by atoms with E-state index >= 15 is 0 Å². The molecule has 0 bridgehead atoms. The van der Waals surface area contributed by atoms with Crippen LogP contribution in [0.4, 0.5) is 11.4 Å². The highest BCUT2D eigenvalue weighted by atomic mass is 15.1. The fourth-order valence-corrected chi connectivity index (χ4v) is 2.72. The van der Waals surface area contributed by atoms with Crippen molar-refractivity contribution < 1.29 is 0 Å². The SMILES string of the molecule is CCCc1cccc(N(CCCNCC)c2ccccc2)c1. The van der Waals surface area contributed by atoms with E-state index in [9.17, 15) is 0 Å². The molecule has 2 heteroatoms. The van der Waals surface area contributed by atoms with Crippen molar-refractivity contribution in [3.8, 4) is 0 Å². The monoisotopic (exact) mass is 296 g/mol. The quantitative estimate of drug-likeness (QED) is 0.670. The highest BCUT2D eigenvalue weighted by molar-refractivity contribution is 5.63. The molecule has 118 valence electrons. The minimum Gasteiger partial charge on any atom is -0.341 e. The van der Waals surface area contributed by atoms with Gasteiger partial charge in [-0.25, -0.2) is 0 Å². The molecule has 2 aromatic carbocycles. The maximum Gasteiger partial charge on any atom is 0.0413 e. The summed E-state index contributed by atoms with van der Waals surface area (Å²) in [5.74, 6) is 0. The highest BCUT2D eigenvalue weighted by Gasteiger charge is 2.09. The van der Waals surface area contributed by atoms with E-state index in [4.69, 9.17) is 0 Å². The van der Waals surface area contributed by atoms with Crippen molar-refractivity contribution in [2.75, 3.05) is 24.5 Å². The van der Waals surface area contributed by atoms with Gasteiger partial charge in [-0.15, -0.1) is 0 Å². The maximum atomic E-state index is 3.41. The van der Waals surface area contributed by atoms with Crippen LogP contribution in [0.15, 0.2) is 54.6 Å². The van der Waals surface area contributed by atoms with Crippen molar-refractivity contribution in [1.29, 1.82) is 0 Å². The summed E-state index contributed by atoms with van der Waals surface area (Å²) in [5.41, 5.74) is 3.99. The Morgan fingerprint density at radius 3 is 2.41 bits per heavy atom. The van der Waals surface area contributed by atoms with Crippen LogP contribution in [-0.4, -0.2) is 19.6 Å². The molecule has 0 saturated carbocycles. The summed E-state index contributed by atoms with van der Waals surface area (Å²) in [4.78, 5) is 2.43. The van der Waals surface area contributed by atoms with Crippen LogP contribution in [0.3, 0.4) is 0 Å². The summed E-state index contributed by atoms with van der Waals surface area (Å²) in [6.07, 6.45) is 3.48. The third-order valence-corrected chi connectivity index (χ3v) is 3.81. The van der Waals surface area contributed by atoms with Gasteiger partial charge in [0, 0.05) is 17.9 Å². The van der Waals surface area contributed by atoms with E-state index in [1.165, 1.54) is 23.4 Å². The van der Waals surface area contributed by atoms with Crippen molar-refractivity contribution in [2.45, 2.75) is 33.1 Å². The topological polar surface area (TPSA) is 15.3 Å². The molecule has 0 heterocycles. The van der Waals surface area contributed by atoms with Crippen molar-refractivity contribution >= 4 is 11.4 Å². The second-order valence-electron chi connectivity index (χ2n) is 5.61. The number of para-hydroxylation sites is 1. The van der Waals surface area contributed by atoms with Gasteiger partial charge in [-0.1, -0.05) is 50.6 Å². The van der Waals surface area contributed by atoms with Gasteiger partial charge in [0.05, 0.1) is 0 Å². The summed E-state index contributed by atoms with van der Waals surface area (Å²) < 4.78 is 0. The molecule has 0 aromatic heterocycles. The normalized spacial score (nSPS) is 10.6. The third-order valence-electron chi connectivity index (χ3n) is 3.81. The molecule has 1 N–H and O–H groups in total. The molecule has 0 spiro atoms. The Morgan fingerprint density at radius 2 is 1.68 bits per heavy atom. The zero-order chi connectivity index (χ0) is 15.6. The van der Waals surface area contributed by atoms with Gasteiger partial charge in [0.15, 0.2) is 0 Å². The molecule has 0 aliphatic carbocycles. The molecule has 0 unspecified atom stereocenters. The van der Waals surface area contributed by atoms with Gasteiger partial charge in [0.2, 0.25) is 0 Å².